The third-order valence-corrected chi connectivity index (χ3v) is 3.11. The largest absolute Gasteiger partial charge is 0.447 e. The molecular formula is C13H15N3O3. The fourth-order valence-electron chi connectivity index (χ4n) is 1.93. The highest BCUT2D eigenvalue weighted by molar-refractivity contribution is 5.91. The molecule has 1 aliphatic carbocycles. The molecule has 0 bridgehead atoms. The molecule has 100 valence electrons. The molecule has 2 aliphatic rings. The number of urea groups is 1. The minimum Gasteiger partial charge on any atom is -0.447 e. The zero-order chi connectivity index (χ0) is 13.2. The summed E-state index contributed by atoms with van der Waals surface area (Å²) in [6.07, 6.45) is 1.79. The number of nitrogens with zero attached hydrogens (tertiary/aromatic N) is 1. The SMILES string of the molecule is O=C(Nc1ccc(N2CCOC2=O)cc1)NC1CC1. The van der Waals surface area contributed by atoms with Crippen molar-refractivity contribution in [2.45, 2.75) is 18.9 Å². The molecule has 1 aliphatic heterocycles. The Labute approximate surface area is 110 Å². The molecule has 0 spiro atoms. The fraction of sp³-hybridized carbons (Fsp3) is 0.385. The number of hydrogen-bond acceptors (Lipinski definition) is 3. The Kier molecular flexibility index (Phi) is 2.98. The van der Waals surface area contributed by atoms with E-state index in [2.05, 4.69) is 10.6 Å². The summed E-state index contributed by atoms with van der Waals surface area (Å²) < 4.78 is 4.87. The summed E-state index contributed by atoms with van der Waals surface area (Å²) in [5.74, 6) is 0. The number of carbonyl (C=O) groups is 2. The highest BCUT2D eigenvalue weighted by Gasteiger charge is 2.24. The Balaban J connectivity index is 1.61. The average Bonchev–Trinajstić information content (AvgIpc) is 3.10. The van der Waals surface area contributed by atoms with Crippen LogP contribution in [0.15, 0.2) is 24.3 Å². The summed E-state index contributed by atoms with van der Waals surface area (Å²) in [6, 6.07) is 7.27. The van der Waals surface area contributed by atoms with Crippen molar-refractivity contribution in [3.63, 3.8) is 0 Å². The minimum absolute atomic E-state index is 0.184. The van der Waals surface area contributed by atoms with Crippen LogP contribution in [-0.2, 0) is 4.74 Å². The molecule has 6 heteroatoms. The lowest BCUT2D eigenvalue weighted by molar-refractivity contribution is 0.181. The van der Waals surface area contributed by atoms with Crippen LogP contribution in [0.5, 0.6) is 0 Å². The van der Waals surface area contributed by atoms with Gasteiger partial charge in [0.1, 0.15) is 6.61 Å². The van der Waals surface area contributed by atoms with Gasteiger partial charge in [0, 0.05) is 17.4 Å². The van der Waals surface area contributed by atoms with E-state index in [4.69, 9.17) is 4.74 Å². The summed E-state index contributed by atoms with van der Waals surface area (Å²) in [7, 11) is 0. The Morgan fingerprint density at radius 3 is 2.58 bits per heavy atom. The van der Waals surface area contributed by atoms with E-state index in [1.54, 1.807) is 29.2 Å². The summed E-state index contributed by atoms with van der Waals surface area (Å²) in [4.78, 5) is 24.5. The molecule has 0 unspecified atom stereocenters. The standard InChI is InChI=1S/C13H15N3O3/c17-12(14-9-1-2-9)15-10-3-5-11(6-4-10)16-7-8-19-13(16)18/h3-6,9H,1-2,7-8H2,(H2,14,15,17). The molecule has 3 amide bonds. The molecule has 3 rings (SSSR count). The van der Waals surface area contributed by atoms with Crippen LogP contribution in [0.2, 0.25) is 0 Å². The average molecular weight is 261 g/mol. The highest BCUT2D eigenvalue weighted by atomic mass is 16.6. The van der Waals surface area contributed by atoms with Gasteiger partial charge < -0.3 is 15.4 Å². The van der Waals surface area contributed by atoms with E-state index in [1.807, 2.05) is 0 Å². The fourth-order valence-corrected chi connectivity index (χ4v) is 1.93. The van der Waals surface area contributed by atoms with E-state index >= 15 is 0 Å². The van der Waals surface area contributed by atoms with Gasteiger partial charge in [-0.3, -0.25) is 4.90 Å². The minimum atomic E-state index is -0.327. The van der Waals surface area contributed by atoms with Gasteiger partial charge >= 0.3 is 12.1 Å². The monoisotopic (exact) mass is 261 g/mol. The smallest absolute Gasteiger partial charge is 0.414 e. The lowest BCUT2D eigenvalue weighted by atomic mass is 10.2. The molecule has 1 aromatic carbocycles. The molecule has 0 atom stereocenters. The third kappa shape index (κ3) is 2.78. The van der Waals surface area contributed by atoms with E-state index in [9.17, 15) is 9.59 Å². The number of benzene rings is 1. The van der Waals surface area contributed by atoms with Crippen molar-refractivity contribution in [3.05, 3.63) is 24.3 Å². The second kappa shape index (κ2) is 4.79. The summed E-state index contributed by atoms with van der Waals surface area (Å²) in [5.41, 5.74) is 1.48. The molecule has 1 aromatic rings. The van der Waals surface area contributed by atoms with Crippen molar-refractivity contribution in [2.24, 2.45) is 0 Å². The van der Waals surface area contributed by atoms with Gasteiger partial charge in [-0.15, -0.1) is 0 Å². The van der Waals surface area contributed by atoms with Gasteiger partial charge in [0.15, 0.2) is 0 Å². The predicted octanol–water partition coefficient (Wildman–Crippen LogP) is 1.93. The van der Waals surface area contributed by atoms with Crippen molar-refractivity contribution in [1.29, 1.82) is 0 Å². The number of cyclic esters (lactones) is 1. The molecule has 1 saturated heterocycles. The van der Waals surface area contributed by atoms with Gasteiger partial charge in [-0.1, -0.05) is 0 Å². The number of ether oxygens (including phenoxy) is 1. The molecule has 0 radical (unpaired) electrons. The number of amides is 3. The molecule has 0 aromatic heterocycles. The maximum absolute atomic E-state index is 11.5. The van der Waals surface area contributed by atoms with Crippen LogP contribution in [0.25, 0.3) is 0 Å². The molecule has 2 N–H and O–H groups in total. The Morgan fingerprint density at radius 2 is 2.00 bits per heavy atom. The maximum atomic E-state index is 11.5. The first-order chi connectivity index (χ1) is 9.22. The number of rotatable bonds is 3. The zero-order valence-electron chi connectivity index (χ0n) is 10.4. The molecule has 19 heavy (non-hydrogen) atoms. The quantitative estimate of drug-likeness (QED) is 0.873. The molecule has 2 fully saturated rings. The summed E-state index contributed by atoms with van der Waals surface area (Å²) >= 11 is 0. The molecular weight excluding hydrogens is 246 g/mol. The summed E-state index contributed by atoms with van der Waals surface area (Å²) in [5, 5.41) is 5.60. The summed E-state index contributed by atoms with van der Waals surface area (Å²) in [6.45, 7) is 0.983. The van der Waals surface area contributed by atoms with Gasteiger partial charge in [-0.05, 0) is 37.1 Å². The lowest BCUT2D eigenvalue weighted by Gasteiger charge is -2.13. The predicted molar refractivity (Wildman–Crippen MR) is 70.3 cm³/mol. The lowest BCUT2D eigenvalue weighted by Crippen LogP contribution is -2.30. The van der Waals surface area contributed by atoms with E-state index in [1.165, 1.54) is 0 Å². The number of carbonyl (C=O) groups excluding carboxylic acids is 2. The topological polar surface area (TPSA) is 70.7 Å². The van der Waals surface area contributed by atoms with Gasteiger partial charge in [0.2, 0.25) is 0 Å². The number of nitrogens with one attached hydrogen (secondary N) is 2. The van der Waals surface area contributed by atoms with Crippen LogP contribution < -0.4 is 15.5 Å². The first-order valence-electron chi connectivity index (χ1n) is 6.34. The van der Waals surface area contributed by atoms with E-state index in [0.29, 0.717) is 24.9 Å². The normalized spacial score (nSPS) is 18.1. The van der Waals surface area contributed by atoms with Crippen LogP contribution in [0.4, 0.5) is 21.0 Å². The van der Waals surface area contributed by atoms with E-state index in [-0.39, 0.29) is 12.1 Å². The highest BCUT2D eigenvalue weighted by Crippen LogP contribution is 2.22. The van der Waals surface area contributed by atoms with Crippen molar-refractivity contribution < 1.29 is 14.3 Å². The number of anilines is 2. The first-order valence-corrected chi connectivity index (χ1v) is 6.34. The Morgan fingerprint density at radius 1 is 1.26 bits per heavy atom. The second-order valence-electron chi connectivity index (χ2n) is 4.69. The molecule has 1 heterocycles. The van der Waals surface area contributed by atoms with Crippen molar-refractivity contribution in [3.8, 4) is 0 Å². The van der Waals surface area contributed by atoms with Crippen LogP contribution in [0.1, 0.15) is 12.8 Å². The molecule has 6 nitrogen and oxygen atoms in total. The third-order valence-electron chi connectivity index (χ3n) is 3.11. The first kappa shape index (κ1) is 11.8. The van der Waals surface area contributed by atoms with Gasteiger partial charge in [-0.2, -0.15) is 0 Å². The van der Waals surface area contributed by atoms with Crippen molar-refractivity contribution >= 4 is 23.5 Å². The Hall–Kier alpha value is -2.24. The number of hydrogen-bond donors (Lipinski definition) is 2. The van der Waals surface area contributed by atoms with E-state index in [0.717, 1.165) is 18.5 Å². The molecule has 1 saturated carbocycles. The van der Waals surface area contributed by atoms with Crippen LogP contribution in [0.3, 0.4) is 0 Å². The van der Waals surface area contributed by atoms with Crippen LogP contribution >= 0.6 is 0 Å². The maximum Gasteiger partial charge on any atom is 0.414 e. The van der Waals surface area contributed by atoms with E-state index < -0.39 is 0 Å². The van der Waals surface area contributed by atoms with Gasteiger partial charge in [0.25, 0.3) is 0 Å². The van der Waals surface area contributed by atoms with Crippen molar-refractivity contribution in [2.75, 3.05) is 23.4 Å². The Bertz CT molecular complexity index is 496. The zero-order valence-corrected chi connectivity index (χ0v) is 10.4. The van der Waals surface area contributed by atoms with Gasteiger partial charge in [0.05, 0.1) is 6.54 Å². The van der Waals surface area contributed by atoms with Crippen LogP contribution in [-0.4, -0.2) is 31.3 Å². The van der Waals surface area contributed by atoms with Crippen molar-refractivity contribution in [1.82, 2.24) is 5.32 Å². The van der Waals surface area contributed by atoms with Crippen LogP contribution in [0, 0.1) is 0 Å². The van der Waals surface area contributed by atoms with Gasteiger partial charge in [-0.25, -0.2) is 9.59 Å². The second-order valence-corrected chi connectivity index (χ2v) is 4.69.